The Morgan fingerprint density at radius 2 is 1.70 bits per heavy atom. The molecule has 1 aliphatic rings. The number of hydrogen-bond acceptors (Lipinski definition) is 0. The van der Waals surface area contributed by atoms with E-state index in [0.29, 0.717) is 9.52 Å². The van der Waals surface area contributed by atoms with Crippen LogP contribution in [-0.4, -0.2) is 9.52 Å². The first-order valence-electron chi connectivity index (χ1n) is 4.79. The molecule has 60 valence electrons. The molecular weight excluding hydrogens is 136 g/mol. The summed E-state index contributed by atoms with van der Waals surface area (Å²) in [5.41, 5.74) is 2.27. The molecule has 0 aromatic heterocycles. The molecule has 0 radical (unpaired) electrons. The highest BCUT2D eigenvalue weighted by molar-refractivity contribution is 6.39. The quantitative estimate of drug-likeness (QED) is 0.539. The summed E-state index contributed by atoms with van der Waals surface area (Å²) in [6.45, 7) is 4.81. The van der Waals surface area contributed by atoms with Crippen LogP contribution in [0.5, 0.6) is 0 Å². The molecule has 0 N–H and O–H groups in total. The van der Waals surface area contributed by atoms with Crippen LogP contribution in [0, 0.1) is 0 Å². The van der Waals surface area contributed by atoms with E-state index in [1.54, 1.807) is 12.8 Å². The van der Waals surface area contributed by atoms with Crippen molar-refractivity contribution in [3.8, 4) is 0 Å². The monoisotopic (exact) mass is 156 g/mol. The van der Waals surface area contributed by atoms with Crippen molar-refractivity contribution in [3.05, 3.63) is 0 Å². The smallest absolute Gasteiger partial charge is 0.0257 e. The Bertz CT molecular complexity index is 82.7. The molecule has 0 spiro atoms. The van der Waals surface area contributed by atoms with Crippen LogP contribution in [0.15, 0.2) is 0 Å². The molecule has 10 heavy (non-hydrogen) atoms. The van der Waals surface area contributed by atoms with Gasteiger partial charge in [0.2, 0.25) is 0 Å². The second-order valence-electron chi connectivity index (χ2n) is 4.13. The van der Waals surface area contributed by atoms with E-state index in [9.17, 15) is 0 Å². The molecule has 0 atom stereocenters. The fourth-order valence-electron chi connectivity index (χ4n) is 2.09. The van der Waals surface area contributed by atoms with Gasteiger partial charge in [0, 0.05) is 9.52 Å². The molecule has 1 fully saturated rings. The molecule has 0 aromatic carbocycles. The van der Waals surface area contributed by atoms with Crippen molar-refractivity contribution in [1.82, 2.24) is 0 Å². The van der Waals surface area contributed by atoms with Crippen LogP contribution in [0.3, 0.4) is 0 Å². The van der Waals surface area contributed by atoms with Crippen molar-refractivity contribution < 1.29 is 0 Å². The second kappa shape index (κ2) is 4.17. The van der Waals surface area contributed by atoms with Gasteiger partial charge in [-0.3, -0.25) is 0 Å². The zero-order chi connectivity index (χ0) is 7.40. The lowest BCUT2D eigenvalue weighted by Gasteiger charge is -2.22. The van der Waals surface area contributed by atoms with Gasteiger partial charge in [-0.05, 0) is 0 Å². The van der Waals surface area contributed by atoms with Crippen LogP contribution in [0.25, 0.3) is 0 Å². The highest BCUT2D eigenvalue weighted by atomic mass is 28.2. The van der Waals surface area contributed by atoms with Crippen LogP contribution < -0.4 is 0 Å². The van der Waals surface area contributed by atoms with Gasteiger partial charge in [0.05, 0.1) is 0 Å². The first kappa shape index (κ1) is 8.31. The van der Waals surface area contributed by atoms with E-state index < -0.39 is 0 Å². The van der Waals surface area contributed by atoms with Crippen LogP contribution in [0.1, 0.15) is 46.0 Å². The maximum absolute atomic E-state index is 2.40. The zero-order valence-electron chi connectivity index (χ0n) is 7.40. The Kier molecular flexibility index (Phi) is 3.47. The third-order valence-corrected chi connectivity index (χ3v) is 4.96. The molecule has 0 aromatic rings. The number of hydrogen-bond donors (Lipinski definition) is 0. The van der Waals surface area contributed by atoms with Crippen molar-refractivity contribution in [2.75, 3.05) is 0 Å². The van der Waals surface area contributed by atoms with E-state index in [-0.39, 0.29) is 0 Å². The summed E-state index contributed by atoms with van der Waals surface area (Å²) in [5, 5.41) is 0. The van der Waals surface area contributed by atoms with Crippen LogP contribution >= 0.6 is 0 Å². The lowest BCUT2D eigenvalue weighted by atomic mass is 10.0. The lowest BCUT2D eigenvalue weighted by molar-refractivity contribution is 0.498. The largest absolute Gasteiger partial charge is 0.0657 e. The third-order valence-electron chi connectivity index (χ3n) is 2.53. The van der Waals surface area contributed by atoms with Gasteiger partial charge >= 0.3 is 0 Å². The Labute approximate surface area is 67.2 Å². The minimum atomic E-state index is 0.300. The van der Waals surface area contributed by atoms with E-state index in [1.807, 2.05) is 0 Å². The highest BCUT2D eigenvalue weighted by Gasteiger charge is 2.14. The SMILES string of the molecule is CC(C)[SiH2]C1CCCCC1. The Balaban J connectivity index is 2.13. The summed E-state index contributed by atoms with van der Waals surface area (Å²) in [6.07, 6.45) is 7.73. The first-order chi connectivity index (χ1) is 4.79. The first-order valence-corrected chi connectivity index (χ1v) is 6.42. The molecule has 0 heterocycles. The van der Waals surface area contributed by atoms with Crippen LogP contribution in [0.2, 0.25) is 11.1 Å². The average molecular weight is 156 g/mol. The molecule has 0 saturated heterocycles. The molecule has 1 rings (SSSR count). The van der Waals surface area contributed by atoms with Gasteiger partial charge in [0.1, 0.15) is 0 Å². The van der Waals surface area contributed by atoms with Crippen molar-refractivity contribution in [2.24, 2.45) is 0 Å². The van der Waals surface area contributed by atoms with E-state index >= 15 is 0 Å². The molecule has 1 aliphatic carbocycles. The third kappa shape index (κ3) is 2.87. The Morgan fingerprint density at radius 3 is 2.20 bits per heavy atom. The minimum absolute atomic E-state index is 0.300. The van der Waals surface area contributed by atoms with E-state index in [4.69, 9.17) is 0 Å². The summed E-state index contributed by atoms with van der Waals surface area (Å²) in [7, 11) is 0.300. The molecule has 1 heteroatoms. The molecule has 0 unspecified atom stereocenters. The van der Waals surface area contributed by atoms with Gasteiger partial charge in [0.15, 0.2) is 0 Å². The van der Waals surface area contributed by atoms with Crippen molar-refractivity contribution in [2.45, 2.75) is 57.0 Å². The summed E-state index contributed by atoms with van der Waals surface area (Å²) < 4.78 is 0. The Hall–Kier alpha value is 0.217. The normalized spacial score (nSPS) is 23.1. The molecule has 0 amide bonds. The molecule has 1 saturated carbocycles. The highest BCUT2D eigenvalue weighted by Crippen LogP contribution is 2.29. The lowest BCUT2D eigenvalue weighted by Crippen LogP contribution is -2.10. The maximum atomic E-state index is 2.40. The van der Waals surface area contributed by atoms with Gasteiger partial charge in [-0.15, -0.1) is 0 Å². The maximum Gasteiger partial charge on any atom is 0.0257 e. The second-order valence-corrected chi connectivity index (χ2v) is 7.39. The summed E-state index contributed by atoms with van der Waals surface area (Å²) in [6, 6.07) is 0. The topological polar surface area (TPSA) is 0 Å². The van der Waals surface area contributed by atoms with Gasteiger partial charge in [-0.1, -0.05) is 57.0 Å². The van der Waals surface area contributed by atoms with Crippen LogP contribution in [0.4, 0.5) is 0 Å². The van der Waals surface area contributed by atoms with Crippen molar-refractivity contribution in [1.29, 1.82) is 0 Å². The molecule has 0 bridgehead atoms. The van der Waals surface area contributed by atoms with Gasteiger partial charge in [-0.2, -0.15) is 0 Å². The average Bonchev–Trinajstić information content (AvgIpc) is 1.88. The fraction of sp³-hybridized carbons (Fsp3) is 1.00. The molecular formula is C9H20Si. The summed E-state index contributed by atoms with van der Waals surface area (Å²) >= 11 is 0. The van der Waals surface area contributed by atoms with Crippen molar-refractivity contribution >= 4 is 9.52 Å². The Morgan fingerprint density at radius 1 is 1.10 bits per heavy atom. The summed E-state index contributed by atoms with van der Waals surface area (Å²) in [5.74, 6) is 0. The van der Waals surface area contributed by atoms with E-state index in [2.05, 4.69) is 13.8 Å². The molecule has 0 nitrogen and oxygen atoms in total. The summed E-state index contributed by atoms with van der Waals surface area (Å²) in [4.78, 5) is 0. The fourth-order valence-corrected chi connectivity index (χ4v) is 4.47. The van der Waals surface area contributed by atoms with E-state index in [0.717, 1.165) is 5.54 Å². The molecule has 0 aliphatic heterocycles. The standard InChI is InChI=1S/C9H20Si/c1-8(2)10-9-6-4-3-5-7-9/h8-9H,3-7,10H2,1-2H3. The number of rotatable bonds is 2. The predicted molar refractivity (Wildman–Crippen MR) is 50.5 cm³/mol. The van der Waals surface area contributed by atoms with Gasteiger partial charge in [-0.25, -0.2) is 0 Å². The van der Waals surface area contributed by atoms with Crippen molar-refractivity contribution in [3.63, 3.8) is 0 Å². The zero-order valence-corrected chi connectivity index (χ0v) is 8.81. The predicted octanol–water partition coefficient (Wildman–Crippen LogP) is 2.74. The minimum Gasteiger partial charge on any atom is -0.0657 e. The van der Waals surface area contributed by atoms with Crippen LogP contribution in [-0.2, 0) is 0 Å². The van der Waals surface area contributed by atoms with E-state index in [1.165, 1.54) is 24.8 Å². The van der Waals surface area contributed by atoms with Gasteiger partial charge in [0.25, 0.3) is 0 Å². The van der Waals surface area contributed by atoms with Gasteiger partial charge < -0.3 is 0 Å².